The fourth-order valence-electron chi connectivity index (χ4n) is 4.68. The van der Waals surface area contributed by atoms with Crippen molar-refractivity contribution in [2.75, 3.05) is 36.0 Å². The van der Waals surface area contributed by atoms with Gasteiger partial charge in [0, 0.05) is 49.8 Å². The third-order valence-corrected chi connectivity index (χ3v) is 6.57. The Morgan fingerprint density at radius 2 is 1.92 bits per heavy atom. The molecule has 2 saturated heterocycles. The summed E-state index contributed by atoms with van der Waals surface area (Å²) in [4.78, 5) is 37.9. The second kappa shape index (κ2) is 10.6. The van der Waals surface area contributed by atoms with E-state index in [0.717, 1.165) is 17.0 Å². The van der Waals surface area contributed by atoms with E-state index >= 15 is 8.78 Å². The number of non-ortho nitro benzene ring substituents is 1. The number of nitro groups is 1. The number of ether oxygens (including phenoxy) is 1. The SMILES string of the molecule is CC(=O)NCC1CN(c2cc(F)c(N3CCCC(n4nnc(-c5ccc([N+](=O)[O-])cc5)n4)C3)c(F)c2)C(=O)O1. The number of hydrogen-bond acceptors (Lipinski definition) is 9. The smallest absolute Gasteiger partial charge is 0.414 e. The number of carbonyl (C=O) groups is 2. The molecule has 2 aliphatic heterocycles. The number of carbonyl (C=O) groups excluding carboxylic acids is 2. The second-order valence-electron chi connectivity index (χ2n) is 9.29. The Balaban J connectivity index is 1.30. The summed E-state index contributed by atoms with van der Waals surface area (Å²) in [5, 5.41) is 25.9. The fourth-order valence-corrected chi connectivity index (χ4v) is 4.68. The zero-order valence-corrected chi connectivity index (χ0v) is 20.8. The number of nitro benzene ring substituents is 1. The van der Waals surface area contributed by atoms with Gasteiger partial charge >= 0.3 is 6.09 Å². The minimum absolute atomic E-state index is 0.0170. The van der Waals surface area contributed by atoms with Crippen molar-refractivity contribution in [3.63, 3.8) is 0 Å². The number of amides is 2. The Labute approximate surface area is 220 Å². The van der Waals surface area contributed by atoms with Crippen LogP contribution in [0.2, 0.25) is 0 Å². The van der Waals surface area contributed by atoms with E-state index in [4.69, 9.17) is 4.74 Å². The highest BCUT2D eigenvalue weighted by Crippen LogP contribution is 2.34. The van der Waals surface area contributed by atoms with Crippen LogP contribution in [-0.4, -0.2) is 69.4 Å². The average molecular weight is 543 g/mol. The summed E-state index contributed by atoms with van der Waals surface area (Å²) in [6.45, 7) is 2.09. The topological polar surface area (TPSA) is 149 Å². The molecule has 0 aliphatic carbocycles. The van der Waals surface area contributed by atoms with Gasteiger partial charge in [0.25, 0.3) is 5.69 Å². The lowest BCUT2D eigenvalue weighted by atomic mass is 10.0. The minimum atomic E-state index is -0.832. The molecule has 2 amide bonds. The van der Waals surface area contributed by atoms with E-state index in [-0.39, 0.29) is 54.5 Å². The van der Waals surface area contributed by atoms with Crippen LogP contribution in [0.15, 0.2) is 36.4 Å². The molecule has 39 heavy (non-hydrogen) atoms. The summed E-state index contributed by atoms with van der Waals surface area (Å²) in [7, 11) is 0. The molecule has 2 aliphatic rings. The molecule has 13 nitrogen and oxygen atoms in total. The molecule has 0 spiro atoms. The van der Waals surface area contributed by atoms with Crippen LogP contribution in [-0.2, 0) is 9.53 Å². The van der Waals surface area contributed by atoms with E-state index in [9.17, 15) is 19.7 Å². The van der Waals surface area contributed by atoms with Gasteiger partial charge in [-0.05, 0) is 30.2 Å². The monoisotopic (exact) mass is 542 g/mol. The quantitative estimate of drug-likeness (QED) is 0.351. The van der Waals surface area contributed by atoms with Gasteiger partial charge in [0.15, 0.2) is 11.6 Å². The third-order valence-electron chi connectivity index (χ3n) is 6.57. The van der Waals surface area contributed by atoms with Gasteiger partial charge in [0.05, 0.1) is 29.7 Å². The molecule has 3 heterocycles. The van der Waals surface area contributed by atoms with E-state index < -0.39 is 28.8 Å². The van der Waals surface area contributed by atoms with Crippen molar-refractivity contribution in [2.45, 2.75) is 31.9 Å². The van der Waals surface area contributed by atoms with Gasteiger partial charge in [0.1, 0.15) is 11.8 Å². The molecule has 1 aromatic heterocycles. The molecule has 2 atom stereocenters. The van der Waals surface area contributed by atoms with Crippen LogP contribution in [0, 0.1) is 21.7 Å². The Hall–Kier alpha value is -4.69. The molecular weight excluding hydrogens is 518 g/mol. The summed E-state index contributed by atoms with van der Waals surface area (Å²) >= 11 is 0. The van der Waals surface area contributed by atoms with Gasteiger partial charge in [-0.25, -0.2) is 13.6 Å². The number of piperidine rings is 1. The maximum atomic E-state index is 15.3. The number of benzene rings is 2. The van der Waals surface area contributed by atoms with Crippen LogP contribution < -0.4 is 15.1 Å². The van der Waals surface area contributed by atoms with Gasteiger partial charge in [0.2, 0.25) is 11.7 Å². The number of halogens is 2. The largest absolute Gasteiger partial charge is 0.442 e. The molecule has 204 valence electrons. The normalized spacial score (nSPS) is 19.2. The molecule has 1 N–H and O–H groups in total. The Bertz CT molecular complexity index is 1390. The number of tetrazole rings is 1. The molecule has 3 aromatic rings. The van der Waals surface area contributed by atoms with E-state index in [2.05, 4.69) is 20.7 Å². The highest BCUT2D eigenvalue weighted by Gasteiger charge is 2.34. The summed E-state index contributed by atoms with van der Waals surface area (Å²) in [6.07, 6.45) is -0.122. The number of rotatable bonds is 7. The summed E-state index contributed by atoms with van der Waals surface area (Å²) in [6, 6.07) is 7.60. The molecule has 15 heteroatoms. The number of nitrogens with one attached hydrogen (secondary N) is 1. The van der Waals surface area contributed by atoms with E-state index in [0.29, 0.717) is 24.9 Å². The lowest BCUT2D eigenvalue weighted by Gasteiger charge is -2.34. The van der Waals surface area contributed by atoms with Crippen molar-refractivity contribution in [2.24, 2.45) is 0 Å². The third kappa shape index (κ3) is 5.46. The first-order valence-corrected chi connectivity index (χ1v) is 12.2. The highest BCUT2D eigenvalue weighted by molar-refractivity contribution is 5.90. The molecule has 0 bridgehead atoms. The first-order valence-electron chi connectivity index (χ1n) is 12.2. The van der Waals surface area contributed by atoms with Crippen molar-refractivity contribution in [3.05, 3.63) is 58.1 Å². The van der Waals surface area contributed by atoms with Crippen LogP contribution in [0.4, 0.5) is 30.6 Å². The molecule has 0 saturated carbocycles. The lowest BCUT2D eigenvalue weighted by molar-refractivity contribution is -0.384. The molecular formula is C24H24F2N8O5. The van der Waals surface area contributed by atoms with E-state index in [1.165, 1.54) is 36.0 Å². The molecule has 0 radical (unpaired) electrons. The number of cyclic esters (lactones) is 1. The minimum Gasteiger partial charge on any atom is -0.442 e. The summed E-state index contributed by atoms with van der Waals surface area (Å²) in [5.74, 6) is -1.67. The predicted octanol–water partition coefficient (Wildman–Crippen LogP) is 2.83. The Kier molecular flexibility index (Phi) is 7.04. The predicted molar refractivity (Wildman–Crippen MR) is 133 cm³/mol. The van der Waals surface area contributed by atoms with Gasteiger partial charge in [-0.3, -0.25) is 19.8 Å². The van der Waals surface area contributed by atoms with Crippen LogP contribution in [0.1, 0.15) is 25.8 Å². The summed E-state index contributed by atoms with van der Waals surface area (Å²) in [5.41, 5.74) is 0.285. The summed E-state index contributed by atoms with van der Waals surface area (Å²) < 4.78 is 35.7. The second-order valence-corrected chi connectivity index (χ2v) is 9.29. The molecule has 2 unspecified atom stereocenters. The van der Waals surface area contributed by atoms with Crippen LogP contribution >= 0.6 is 0 Å². The van der Waals surface area contributed by atoms with Gasteiger partial charge in [-0.15, -0.1) is 10.2 Å². The zero-order chi connectivity index (χ0) is 27.7. The van der Waals surface area contributed by atoms with Crippen molar-refractivity contribution in [1.82, 2.24) is 25.5 Å². The van der Waals surface area contributed by atoms with Crippen molar-refractivity contribution in [1.29, 1.82) is 0 Å². The number of anilines is 2. The van der Waals surface area contributed by atoms with Gasteiger partial charge < -0.3 is 15.0 Å². The Morgan fingerprint density at radius 3 is 2.59 bits per heavy atom. The highest BCUT2D eigenvalue weighted by atomic mass is 19.1. The average Bonchev–Trinajstić information content (AvgIpc) is 3.54. The molecule has 2 fully saturated rings. The maximum Gasteiger partial charge on any atom is 0.414 e. The number of aromatic nitrogens is 4. The first kappa shape index (κ1) is 25.9. The Morgan fingerprint density at radius 1 is 1.21 bits per heavy atom. The lowest BCUT2D eigenvalue weighted by Crippen LogP contribution is -2.38. The first-order chi connectivity index (χ1) is 18.7. The van der Waals surface area contributed by atoms with Crippen molar-refractivity contribution >= 4 is 29.1 Å². The van der Waals surface area contributed by atoms with Gasteiger partial charge in [-0.2, -0.15) is 4.80 Å². The van der Waals surface area contributed by atoms with Crippen molar-refractivity contribution < 1.29 is 28.0 Å². The fraction of sp³-hybridized carbons (Fsp3) is 0.375. The van der Waals surface area contributed by atoms with Crippen LogP contribution in [0.3, 0.4) is 0 Å². The number of hydrogen-bond donors (Lipinski definition) is 1. The van der Waals surface area contributed by atoms with E-state index in [1.807, 2.05) is 0 Å². The molecule has 2 aromatic carbocycles. The molecule has 5 rings (SSSR count). The maximum absolute atomic E-state index is 15.3. The number of nitrogens with zero attached hydrogens (tertiary/aromatic N) is 7. The van der Waals surface area contributed by atoms with E-state index in [1.54, 1.807) is 4.90 Å². The van der Waals surface area contributed by atoms with Crippen LogP contribution in [0.25, 0.3) is 11.4 Å². The van der Waals surface area contributed by atoms with Crippen molar-refractivity contribution in [3.8, 4) is 11.4 Å². The standard InChI is InChI=1S/C24H24F2N8O5/c1-14(35)27-11-19-13-32(24(36)39-19)18-9-20(25)22(21(26)10-18)31-8-2-3-17(12-31)33-29-23(28-30-33)15-4-6-16(7-5-15)34(37)38/h4-7,9-10,17,19H,2-3,8,11-13H2,1H3,(H,27,35). The van der Waals surface area contributed by atoms with Gasteiger partial charge in [-0.1, -0.05) is 0 Å². The zero-order valence-electron chi connectivity index (χ0n) is 20.8. The van der Waals surface area contributed by atoms with Crippen LogP contribution in [0.5, 0.6) is 0 Å².